The molecule has 1 aromatic rings. The summed E-state index contributed by atoms with van der Waals surface area (Å²) in [6, 6.07) is 2.07. The van der Waals surface area contributed by atoms with E-state index in [2.05, 4.69) is 6.07 Å². The van der Waals surface area contributed by atoms with Crippen LogP contribution in [-0.2, 0) is 0 Å². The Labute approximate surface area is 62.7 Å². The summed E-state index contributed by atoms with van der Waals surface area (Å²) in [6.45, 7) is 2.44. The molecule has 0 amide bonds. The highest BCUT2D eigenvalue weighted by Crippen LogP contribution is 2.17. The number of aryl methyl sites for hydroxylation is 1. The van der Waals surface area contributed by atoms with Gasteiger partial charge in [0.25, 0.3) is 0 Å². The molecule has 1 aromatic carbocycles. The minimum atomic E-state index is -1.13. The summed E-state index contributed by atoms with van der Waals surface area (Å²) in [6.07, 6.45) is 0. The van der Waals surface area contributed by atoms with Crippen molar-refractivity contribution < 1.29 is 13.2 Å². The van der Waals surface area contributed by atoms with Gasteiger partial charge in [0.2, 0.25) is 0 Å². The van der Waals surface area contributed by atoms with Crippen LogP contribution >= 0.6 is 0 Å². The lowest BCUT2D eigenvalue weighted by Gasteiger charge is -2.01. The Morgan fingerprint density at radius 3 is 2.09 bits per heavy atom. The molecule has 1 rings (SSSR count). The molecule has 0 aliphatic carbocycles. The van der Waals surface area contributed by atoms with Crippen molar-refractivity contribution in [2.24, 2.45) is 0 Å². The second-order valence-electron chi connectivity index (χ2n) is 2.32. The van der Waals surface area contributed by atoms with Gasteiger partial charge in [-0.25, -0.2) is 13.2 Å². The predicted molar refractivity (Wildman–Crippen MR) is 34.6 cm³/mol. The Kier molecular flexibility index (Phi) is 1.89. The van der Waals surface area contributed by atoms with E-state index in [-0.39, 0.29) is 11.1 Å². The molecule has 0 N–H and O–H groups in total. The summed E-state index contributed by atoms with van der Waals surface area (Å²) >= 11 is 0. The summed E-state index contributed by atoms with van der Waals surface area (Å²) in [4.78, 5) is 0. The standard InChI is InChI=1S/C8H6F3/c1-4-3-6(9)5(2)8(11)7(4)10/h1-2H3. The van der Waals surface area contributed by atoms with Gasteiger partial charge in [-0.2, -0.15) is 0 Å². The van der Waals surface area contributed by atoms with Crippen LogP contribution in [0.1, 0.15) is 11.1 Å². The number of hydrogen-bond acceptors (Lipinski definition) is 0. The zero-order chi connectivity index (χ0) is 8.59. The van der Waals surface area contributed by atoms with E-state index < -0.39 is 17.5 Å². The molecule has 0 atom stereocenters. The Hall–Kier alpha value is -0.990. The largest absolute Gasteiger partial charge is 0.206 e. The highest BCUT2D eigenvalue weighted by Gasteiger charge is 2.12. The van der Waals surface area contributed by atoms with E-state index in [1.54, 1.807) is 0 Å². The number of benzene rings is 1. The van der Waals surface area contributed by atoms with Crippen molar-refractivity contribution in [3.8, 4) is 0 Å². The molecule has 11 heavy (non-hydrogen) atoms. The molecule has 0 heterocycles. The van der Waals surface area contributed by atoms with E-state index in [9.17, 15) is 13.2 Å². The van der Waals surface area contributed by atoms with E-state index in [1.807, 2.05) is 0 Å². The van der Waals surface area contributed by atoms with Gasteiger partial charge in [0.15, 0.2) is 11.6 Å². The number of rotatable bonds is 0. The Balaban J connectivity index is 3.46. The summed E-state index contributed by atoms with van der Waals surface area (Å²) in [5, 5.41) is 0. The van der Waals surface area contributed by atoms with Crippen molar-refractivity contribution in [1.82, 2.24) is 0 Å². The van der Waals surface area contributed by atoms with Gasteiger partial charge in [-0.15, -0.1) is 0 Å². The fraction of sp³-hybridized carbons (Fsp3) is 0.250. The molecule has 1 radical (unpaired) electrons. The average Bonchev–Trinajstić information content (AvgIpc) is 1.97. The molecule has 0 spiro atoms. The molecule has 0 fully saturated rings. The average molecular weight is 159 g/mol. The molecule has 0 aliphatic heterocycles. The van der Waals surface area contributed by atoms with E-state index in [0.29, 0.717) is 0 Å². The third-order valence-corrected chi connectivity index (χ3v) is 1.48. The lowest BCUT2D eigenvalue weighted by atomic mass is 10.1. The quantitative estimate of drug-likeness (QED) is 0.510. The molecular weight excluding hydrogens is 153 g/mol. The molecule has 0 aliphatic rings. The van der Waals surface area contributed by atoms with Crippen LogP contribution in [0.25, 0.3) is 0 Å². The topological polar surface area (TPSA) is 0 Å². The van der Waals surface area contributed by atoms with Crippen molar-refractivity contribution in [3.63, 3.8) is 0 Å². The monoisotopic (exact) mass is 159 g/mol. The Morgan fingerprint density at radius 2 is 1.55 bits per heavy atom. The third kappa shape index (κ3) is 1.23. The maximum atomic E-state index is 12.6. The number of hydrogen-bond donors (Lipinski definition) is 0. The van der Waals surface area contributed by atoms with Gasteiger partial charge in [0, 0.05) is 11.6 Å². The first kappa shape index (κ1) is 8.11. The van der Waals surface area contributed by atoms with Crippen molar-refractivity contribution in [3.05, 3.63) is 34.6 Å². The normalized spacial score (nSPS) is 10.3. The maximum Gasteiger partial charge on any atom is 0.164 e. The van der Waals surface area contributed by atoms with Gasteiger partial charge in [0.05, 0.1) is 0 Å². The van der Waals surface area contributed by atoms with Gasteiger partial charge < -0.3 is 0 Å². The van der Waals surface area contributed by atoms with Crippen LogP contribution in [0, 0.1) is 37.4 Å². The van der Waals surface area contributed by atoms with Crippen LogP contribution in [0.3, 0.4) is 0 Å². The Morgan fingerprint density at radius 1 is 1.00 bits per heavy atom. The third-order valence-electron chi connectivity index (χ3n) is 1.48. The summed E-state index contributed by atoms with van der Waals surface area (Å²) in [5.41, 5.74) is -0.460. The first-order valence-electron chi connectivity index (χ1n) is 3.07. The lowest BCUT2D eigenvalue weighted by molar-refractivity contribution is 0.480. The molecular formula is C8H6F3. The molecule has 0 unspecified atom stereocenters. The van der Waals surface area contributed by atoms with Crippen molar-refractivity contribution >= 4 is 0 Å². The van der Waals surface area contributed by atoms with Gasteiger partial charge >= 0.3 is 0 Å². The summed E-state index contributed by atoms with van der Waals surface area (Å²) in [5.74, 6) is -2.98. The van der Waals surface area contributed by atoms with E-state index >= 15 is 0 Å². The maximum absolute atomic E-state index is 12.6. The molecule has 3 heteroatoms. The van der Waals surface area contributed by atoms with Crippen LogP contribution < -0.4 is 0 Å². The second kappa shape index (κ2) is 2.57. The SMILES string of the molecule is Cc1[c]c(F)c(C)c(F)c1F. The molecule has 0 aromatic heterocycles. The Bertz CT molecular complexity index is 266. The fourth-order valence-electron chi connectivity index (χ4n) is 0.739. The zero-order valence-corrected chi connectivity index (χ0v) is 6.13. The van der Waals surface area contributed by atoms with Crippen LogP contribution in [0.4, 0.5) is 13.2 Å². The van der Waals surface area contributed by atoms with Gasteiger partial charge in [-0.3, -0.25) is 0 Å². The minimum Gasteiger partial charge on any atom is -0.206 e. The van der Waals surface area contributed by atoms with Gasteiger partial charge in [-0.1, -0.05) is 0 Å². The molecule has 0 saturated heterocycles. The van der Waals surface area contributed by atoms with Gasteiger partial charge in [0.1, 0.15) is 5.82 Å². The van der Waals surface area contributed by atoms with Crippen LogP contribution in [0.5, 0.6) is 0 Å². The summed E-state index contributed by atoms with van der Waals surface area (Å²) < 4.78 is 37.8. The van der Waals surface area contributed by atoms with E-state index in [0.717, 1.165) is 0 Å². The van der Waals surface area contributed by atoms with E-state index in [4.69, 9.17) is 0 Å². The molecule has 0 nitrogen and oxygen atoms in total. The van der Waals surface area contributed by atoms with E-state index in [1.165, 1.54) is 13.8 Å². The van der Waals surface area contributed by atoms with Crippen LogP contribution in [0.2, 0.25) is 0 Å². The van der Waals surface area contributed by atoms with Crippen LogP contribution in [-0.4, -0.2) is 0 Å². The van der Waals surface area contributed by atoms with Crippen molar-refractivity contribution in [2.45, 2.75) is 13.8 Å². The first-order valence-corrected chi connectivity index (χ1v) is 3.07. The van der Waals surface area contributed by atoms with Crippen LogP contribution in [0.15, 0.2) is 0 Å². The van der Waals surface area contributed by atoms with Crippen molar-refractivity contribution in [1.29, 1.82) is 0 Å². The van der Waals surface area contributed by atoms with Crippen molar-refractivity contribution in [2.75, 3.05) is 0 Å². The predicted octanol–water partition coefficient (Wildman–Crippen LogP) is 2.52. The highest BCUT2D eigenvalue weighted by molar-refractivity contribution is 5.24. The number of halogens is 3. The lowest BCUT2D eigenvalue weighted by Crippen LogP contribution is -1.96. The highest BCUT2D eigenvalue weighted by atomic mass is 19.2. The molecule has 0 bridgehead atoms. The smallest absolute Gasteiger partial charge is 0.164 e. The summed E-state index contributed by atoms with van der Waals surface area (Å²) in [7, 11) is 0. The first-order chi connectivity index (χ1) is 5.04. The van der Waals surface area contributed by atoms with Gasteiger partial charge in [-0.05, 0) is 19.4 Å². The molecule has 0 saturated carbocycles. The minimum absolute atomic E-state index is 0.134. The zero-order valence-electron chi connectivity index (χ0n) is 6.13. The fourth-order valence-corrected chi connectivity index (χ4v) is 0.739. The second-order valence-corrected chi connectivity index (χ2v) is 2.32. The molecule has 59 valence electrons.